The number of imide groups is 1. The Bertz CT molecular complexity index is 1430. The number of benzene rings is 3. The Morgan fingerprint density at radius 1 is 1.14 bits per heavy atom. The van der Waals surface area contributed by atoms with Gasteiger partial charge in [0.15, 0.2) is 0 Å². The number of halogens is 1. The molecule has 3 amide bonds. The molecule has 3 aromatic rings. The summed E-state index contributed by atoms with van der Waals surface area (Å²) < 4.78 is 11.8. The van der Waals surface area contributed by atoms with Crippen molar-refractivity contribution in [1.82, 2.24) is 4.90 Å². The lowest BCUT2D eigenvalue weighted by atomic mass is 10.1. The number of nitrogens with one attached hydrogen (secondary N) is 1. The van der Waals surface area contributed by atoms with Gasteiger partial charge in [0.2, 0.25) is 5.91 Å². The Morgan fingerprint density at radius 3 is 2.59 bits per heavy atom. The first-order valence-corrected chi connectivity index (χ1v) is 12.9. The largest absolute Gasteiger partial charge is 0.497 e. The van der Waals surface area contributed by atoms with E-state index in [2.05, 4.69) is 34.0 Å². The summed E-state index contributed by atoms with van der Waals surface area (Å²) in [5.74, 6) is 0.271. The van der Waals surface area contributed by atoms with Gasteiger partial charge in [-0.15, -0.1) is 0 Å². The number of hydrogen-bond acceptors (Lipinski definition) is 7. The molecule has 0 aromatic heterocycles. The summed E-state index contributed by atoms with van der Waals surface area (Å²) in [6, 6.07) is 21.5. The molecule has 0 unspecified atom stereocenters. The maximum Gasteiger partial charge on any atom is 0.294 e. The monoisotopic (exact) mass is 625 g/mol. The highest BCUT2D eigenvalue weighted by Crippen LogP contribution is 2.33. The van der Waals surface area contributed by atoms with Gasteiger partial charge in [0, 0.05) is 11.3 Å². The van der Waals surface area contributed by atoms with Crippen molar-refractivity contribution in [2.24, 2.45) is 0 Å². The van der Waals surface area contributed by atoms with Crippen LogP contribution in [0, 0.1) is 14.9 Å². The van der Waals surface area contributed by atoms with Crippen LogP contribution in [-0.2, 0) is 16.2 Å². The van der Waals surface area contributed by atoms with Crippen LogP contribution < -0.4 is 14.8 Å². The van der Waals surface area contributed by atoms with Crippen molar-refractivity contribution in [3.8, 4) is 17.6 Å². The van der Waals surface area contributed by atoms with Gasteiger partial charge < -0.3 is 14.8 Å². The second-order valence-electron chi connectivity index (χ2n) is 7.79. The van der Waals surface area contributed by atoms with Crippen molar-refractivity contribution in [2.75, 3.05) is 19.0 Å². The zero-order chi connectivity index (χ0) is 26.4. The van der Waals surface area contributed by atoms with E-state index in [9.17, 15) is 19.6 Å². The summed E-state index contributed by atoms with van der Waals surface area (Å²) in [4.78, 5) is 38.8. The minimum Gasteiger partial charge on any atom is -0.497 e. The zero-order valence-corrected chi connectivity index (χ0v) is 22.5. The van der Waals surface area contributed by atoms with Gasteiger partial charge in [-0.1, -0.05) is 24.3 Å². The molecule has 37 heavy (non-hydrogen) atoms. The zero-order valence-electron chi connectivity index (χ0n) is 19.6. The minimum atomic E-state index is -0.525. The van der Waals surface area contributed by atoms with E-state index >= 15 is 0 Å². The average molecular weight is 625 g/mol. The molecule has 0 aliphatic carbocycles. The topological polar surface area (TPSA) is 109 Å². The highest BCUT2D eigenvalue weighted by molar-refractivity contribution is 14.1. The van der Waals surface area contributed by atoms with Crippen molar-refractivity contribution in [3.63, 3.8) is 0 Å². The second kappa shape index (κ2) is 11.9. The van der Waals surface area contributed by atoms with E-state index in [0.717, 1.165) is 25.8 Å². The fourth-order valence-corrected chi connectivity index (χ4v) is 4.97. The van der Waals surface area contributed by atoms with Gasteiger partial charge in [0.05, 0.1) is 27.2 Å². The summed E-state index contributed by atoms with van der Waals surface area (Å²) in [6.07, 6.45) is 1.61. The van der Waals surface area contributed by atoms with E-state index < -0.39 is 17.1 Å². The summed E-state index contributed by atoms with van der Waals surface area (Å²) in [5, 5.41) is 11.4. The number of carbonyl (C=O) groups is 3. The molecular formula is C27H20IN3O5S. The standard InChI is InChI=1S/C27H20IN3O5S/c1-35-21-9-7-20(8-10-21)30-25(32)15-31-26(33)24(37-27(31)34)13-17-6-11-23(22(28)12-17)36-16-19-5-3-2-4-18(19)14-29/h2-13H,15-16H2,1H3,(H,30,32)/b24-13+. The smallest absolute Gasteiger partial charge is 0.294 e. The summed E-state index contributed by atoms with van der Waals surface area (Å²) in [6.45, 7) is -0.140. The van der Waals surface area contributed by atoms with Crippen LogP contribution >= 0.6 is 34.4 Å². The predicted molar refractivity (Wildman–Crippen MR) is 149 cm³/mol. The van der Waals surface area contributed by atoms with Crippen LogP contribution in [0.3, 0.4) is 0 Å². The van der Waals surface area contributed by atoms with Gasteiger partial charge in [-0.05, 0) is 88.5 Å². The van der Waals surface area contributed by atoms with Crippen LogP contribution in [0.15, 0.2) is 71.6 Å². The number of hydrogen-bond donors (Lipinski definition) is 1. The highest BCUT2D eigenvalue weighted by atomic mass is 127. The van der Waals surface area contributed by atoms with Crippen LogP contribution in [-0.4, -0.2) is 35.6 Å². The molecule has 1 heterocycles. The number of anilines is 1. The van der Waals surface area contributed by atoms with Crippen LogP contribution in [0.25, 0.3) is 6.08 Å². The number of rotatable bonds is 8. The van der Waals surface area contributed by atoms with Crippen molar-refractivity contribution >= 4 is 63.2 Å². The summed E-state index contributed by atoms with van der Waals surface area (Å²) in [5.41, 5.74) is 2.58. The van der Waals surface area contributed by atoms with Gasteiger partial charge in [-0.2, -0.15) is 5.26 Å². The molecule has 10 heteroatoms. The molecule has 0 bridgehead atoms. The Balaban J connectivity index is 1.39. The molecule has 0 spiro atoms. The SMILES string of the molecule is COc1ccc(NC(=O)CN2C(=O)S/C(=C/c3ccc(OCc4ccccc4C#N)c(I)c3)C2=O)cc1. The summed E-state index contributed by atoms with van der Waals surface area (Å²) in [7, 11) is 1.54. The van der Waals surface area contributed by atoms with Gasteiger partial charge in [0.25, 0.3) is 11.1 Å². The third-order valence-corrected chi connectivity index (χ3v) is 7.07. The molecule has 4 rings (SSSR count). The van der Waals surface area contributed by atoms with Crippen LogP contribution in [0.5, 0.6) is 11.5 Å². The first-order valence-electron chi connectivity index (χ1n) is 11.0. The maximum atomic E-state index is 12.8. The van der Waals surface area contributed by atoms with Gasteiger partial charge in [0.1, 0.15) is 24.7 Å². The third kappa shape index (κ3) is 6.49. The Kier molecular flexibility index (Phi) is 8.47. The van der Waals surface area contributed by atoms with E-state index in [1.165, 1.54) is 0 Å². The number of thioether (sulfide) groups is 1. The van der Waals surface area contributed by atoms with Crippen molar-refractivity contribution < 1.29 is 23.9 Å². The number of carbonyl (C=O) groups excluding carboxylic acids is 3. The minimum absolute atomic E-state index is 0.231. The Hall–Kier alpha value is -3.82. The number of nitriles is 1. The fourth-order valence-electron chi connectivity index (χ4n) is 3.44. The fraction of sp³-hybridized carbons (Fsp3) is 0.111. The van der Waals surface area contributed by atoms with E-state index in [0.29, 0.717) is 28.3 Å². The molecule has 8 nitrogen and oxygen atoms in total. The average Bonchev–Trinajstić information content (AvgIpc) is 3.16. The van der Waals surface area contributed by atoms with E-state index in [1.54, 1.807) is 61.7 Å². The first kappa shape index (κ1) is 26.2. The number of nitrogens with zero attached hydrogens (tertiary/aromatic N) is 2. The van der Waals surface area contributed by atoms with E-state index in [-0.39, 0.29) is 18.1 Å². The first-order chi connectivity index (χ1) is 17.9. The number of ether oxygens (including phenoxy) is 2. The number of methoxy groups -OCH3 is 1. The van der Waals surface area contributed by atoms with Gasteiger partial charge >= 0.3 is 0 Å². The lowest BCUT2D eigenvalue weighted by molar-refractivity contribution is -0.127. The molecule has 3 aromatic carbocycles. The predicted octanol–water partition coefficient (Wildman–Crippen LogP) is 5.43. The number of amides is 3. The van der Waals surface area contributed by atoms with E-state index in [4.69, 9.17) is 9.47 Å². The molecule has 1 N–H and O–H groups in total. The van der Waals surface area contributed by atoms with Crippen molar-refractivity contribution in [2.45, 2.75) is 6.61 Å². The van der Waals surface area contributed by atoms with Crippen LogP contribution in [0.2, 0.25) is 0 Å². The Morgan fingerprint density at radius 2 is 1.89 bits per heavy atom. The quantitative estimate of drug-likeness (QED) is 0.263. The molecule has 186 valence electrons. The van der Waals surface area contributed by atoms with Crippen LogP contribution in [0.4, 0.5) is 10.5 Å². The molecule has 1 aliphatic heterocycles. The molecule has 0 radical (unpaired) electrons. The molecule has 0 saturated carbocycles. The molecule has 1 saturated heterocycles. The lowest BCUT2D eigenvalue weighted by Gasteiger charge is -2.12. The summed E-state index contributed by atoms with van der Waals surface area (Å²) >= 11 is 2.92. The van der Waals surface area contributed by atoms with Gasteiger partial charge in [-0.25, -0.2) is 0 Å². The van der Waals surface area contributed by atoms with Crippen molar-refractivity contribution in [3.05, 3.63) is 91.9 Å². The van der Waals surface area contributed by atoms with E-state index in [1.807, 2.05) is 18.2 Å². The lowest BCUT2D eigenvalue weighted by Crippen LogP contribution is -2.36. The van der Waals surface area contributed by atoms with Crippen molar-refractivity contribution in [1.29, 1.82) is 5.26 Å². The molecule has 0 atom stereocenters. The Labute approximate surface area is 231 Å². The molecule has 1 fully saturated rings. The molecular weight excluding hydrogens is 605 g/mol. The third-order valence-electron chi connectivity index (χ3n) is 5.32. The maximum absolute atomic E-state index is 12.8. The normalized spacial score (nSPS) is 14.0. The van der Waals surface area contributed by atoms with Crippen LogP contribution in [0.1, 0.15) is 16.7 Å². The highest BCUT2D eigenvalue weighted by Gasteiger charge is 2.36. The molecule has 1 aliphatic rings. The second-order valence-corrected chi connectivity index (χ2v) is 9.95. The van der Waals surface area contributed by atoms with Gasteiger partial charge in [-0.3, -0.25) is 19.3 Å².